The van der Waals surface area contributed by atoms with E-state index in [2.05, 4.69) is 20.4 Å². The van der Waals surface area contributed by atoms with Crippen LogP contribution in [0.3, 0.4) is 0 Å². The number of aryl methyl sites for hydroxylation is 3. The molecule has 4 rings (SSSR count). The fraction of sp³-hybridized carbons (Fsp3) is 0.238. The van der Waals surface area contributed by atoms with Crippen LogP contribution in [0.4, 0.5) is 0 Å². The molecule has 3 heterocycles. The number of carbonyl (C=O) groups is 1. The second-order valence-electron chi connectivity index (χ2n) is 6.86. The van der Waals surface area contributed by atoms with Crippen molar-refractivity contribution in [2.75, 3.05) is 7.11 Å². The summed E-state index contributed by atoms with van der Waals surface area (Å²) in [5, 5.41) is 0. The topological polar surface area (TPSA) is 90.6 Å². The summed E-state index contributed by atoms with van der Waals surface area (Å²) in [5.74, 6) is 0.570. The predicted octanol–water partition coefficient (Wildman–Crippen LogP) is 2.69. The standard InChI is InChI=1S/C21H21N5O3/c1-12-5-6-15(9-13(12)2)18(27)21-24-19(25-29-21)16-7-8-17(20(23-16)28-4)26-10-14(3)22-11-26/h5-11,21H,1-4H3,(H,24,25). The average molecular weight is 391 g/mol. The third kappa shape index (κ3) is 3.62. The molecule has 0 amide bonds. The molecular formula is C21H21N5O3. The van der Waals surface area contributed by atoms with Gasteiger partial charge in [-0.15, -0.1) is 0 Å². The predicted molar refractivity (Wildman–Crippen MR) is 107 cm³/mol. The molecule has 1 N–H and O–H groups in total. The number of benzene rings is 1. The van der Waals surface area contributed by atoms with Crippen LogP contribution >= 0.6 is 0 Å². The van der Waals surface area contributed by atoms with E-state index in [4.69, 9.17) is 9.57 Å². The lowest BCUT2D eigenvalue weighted by molar-refractivity contribution is 0.0330. The molecular weight excluding hydrogens is 370 g/mol. The zero-order valence-electron chi connectivity index (χ0n) is 16.6. The number of nitrogens with zero attached hydrogens (tertiary/aromatic N) is 4. The summed E-state index contributed by atoms with van der Waals surface area (Å²) in [5.41, 5.74) is 7.58. The van der Waals surface area contributed by atoms with Crippen molar-refractivity contribution in [2.45, 2.75) is 27.0 Å². The lowest BCUT2D eigenvalue weighted by Crippen LogP contribution is -2.24. The summed E-state index contributed by atoms with van der Waals surface area (Å²) in [6.45, 7) is 5.88. The molecule has 1 aromatic carbocycles. The SMILES string of the molecule is COc1nc(C2=NC(C(=O)c3ccc(C)c(C)c3)ON2)ccc1-n1cnc(C)c1. The van der Waals surface area contributed by atoms with Gasteiger partial charge in [0.2, 0.25) is 17.9 Å². The summed E-state index contributed by atoms with van der Waals surface area (Å²) < 4.78 is 7.26. The van der Waals surface area contributed by atoms with Crippen molar-refractivity contribution in [3.8, 4) is 11.6 Å². The quantitative estimate of drug-likeness (QED) is 0.673. The van der Waals surface area contributed by atoms with Gasteiger partial charge < -0.3 is 9.30 Å². The molecule has 0 radical (unpaired) electrons. The molecule has 1 aliphatic rings. The lowest BCUT2D eigenvalue weighted by atomic mass is 10.0. The summed E-state index contributed by atoms with van der Waals surface area (Å²) in [4.78, 5) is 31.2. The van der Waals surface area contributed by atoms with E-state index >= 15 is 0 Å². The molecule has 1 unspecified atom stereocenters. The maximum atomic E-state index is 12.7. The van der Waals surface area contributed by atoms with Crippen LogP contribution in [0.5, 0.6) is 5.88 Å². The fourth-order valence-corrected chi connectivity index (χ4v) is 3.01. The zero-order chi connectivity index (χ0) is 20.5. The number of hydrogen-bond donors (Lipinski definition) is 1. The number of imidazole rings is 1. The van der Waals surface area contributed by atoms with Crippen LogP contribution in [0, 0.1) is 20.8 Å². The van der Waals surface area contributed by atoms with Gasteiger partial charge in [0.1, 0.15) is 11.4 Å². The first-order chi connectivity index (χ1) is 14.0. The Hall–Kier alpha value is -3.52. The Balaban J connectivity index is 1.60. The summed E-state index contributed by atoms with van der Waals surface area (Å²) in [6, 6.07) is 9.18. The van der Waals surface area contributed by atoms with E-state index < -0.39 is 6.23 Å². The van der Waals surface area contributed by atoms with Gasteiger partial charge in [0.05, 0.1) is 19.1 Å². The number of aliphatic imine (C=N–C) groups is 1. The summed E-state index contributed by atoms with van der Waals surface area (Å²) in [7, 11) is 1.55. The van der Waals surface area contributed by atoms with Gasteiger partial charge in [-0.2, -0.15) is 0 Å². The molecule has 0 saturated carbocycles. The van der Waals surface area contributed by atoms with Crippen LogP contribution in [-0.2, 0) is 4.84 Å². The normalized spacial score (nSPS) is 15.7. The first kappa shape index (κ1) is 18.8. The molecule has 1 aliphatic heterocycles. The number of ether oxygens (including phenoxy) is 1. The zero-order valence-corrected chi connectivity index (χ0v) is 16.6. The Morgan fingerprint density at radius 1 is 1.17 bits per heavy atom. The van der Waals surface area contributed by atoms with Crippen LogP contribution in [0.2, 0.25) is 0 Å². The first-order valence-electron chi connectivity index (χ1n) is 9.13. The van der Waals surface area contributed by atoms with Crippen LogP contribution in [-0.4, -0.2) is 39.5 Å². The van der Waals surface area contributed by atoms with Crippen molar-refractivity contribution in [3.05, 3.63) is 70.9 Å². The number of amidine groups is 1. The average Bonchev–Trinajstić information content (AvgIpc) is 3.38. The first-order valence-corrected chi connectivity index (χ1v) is 9.13. The fourth-order valence-electron chi connectivity index (χ4n) is 3.01. The minimum atomic E-state index is -0.962. The van der Waals surface area contributed by atoms with E-state index in [1.807, 2.05) is 49.7 Å². The van der Waals surface area contributed by atoms with Crippen LogP contribution < -0.4 is 10.2 Å². The molecule has 0 aliphatic carbocycles. The molecule has 29 heavy (non-hydrogen) atoms. The smallest absolute Gasteiger partial charge is 0.239 e. The maximum Gasteiger partial charge on any atom is 0.239 e. The van der Waals surface area contributed by atoms with Gasteiger partial charge in [0.15, 0.2) is 5.84 Å². The lowest BCUT2D eigenvalue weighted by Gasteiger charge is -2.09. The molecule has 1 atom stereocenters. The van der Waals surface area contributed by atoms with Crippen molar-refractivity contribution >= 4 is 11.6 Å². The summed E-state index contributed by atoms with van der Waals surface area (Å²) >= 11 is 0. The number of hydroxylamine groups is 1. The van der Waals surface area contributed by atoms with Gasteiger partial charge in [-0.25, -0.2) is 25.3 Å². The van der Waals surface area contributed by atoms with Crippen LogP contribution in [0.25, 0.3) is 5.69 Å². The molecule has 0 spiro atoms. The summed E-state index contributed by atoms with van der Waals surface area (Å²) in [6.07, 6.45) is 2.61. The highest BCUT2D eigenvalue weighted by atomic mass is 16.7. The Labute approximate surface area is 168 Å². The number of pyridine rings is 1. The minimum Gasteiger partial charge on any atom is -0.479 e. The number of aromatic nitrogens is 3. The second-order valence-corrected chi connectivity index (χ2v) is 6.86. The number of nitrogens with one attached hydrogen (secondary N) is 1. The number of methoxy groups -OCH3 is 1. The largest absolute Gasteiger partial charge is 0.479 e. The van der Waals surface area contributed by atoms with E-state index in [0.29, 0.717) is 23.0 Å². The van der Waals surface area contributed by atoms with Crippen LogP contribution in [0.15, 0.2) is 47.8 Å². The Morgan fingerprint density at radius 2 is 2.00 bits per heavy atom. The Bertz CT molecular complexity index is 1120. The third-order valence-electron chi connectivity index (χ3n) is 4.80. The minimum absolute atomic E-state index is 0.215. The molecule has 0 bridgehead atoms. The van der Waals surface area contributed by atoms with E-state index in [9.17, 15) is 4.79 Å². The van der Waals surface area contributed by atoms with Crippen molar-refractivity contribution in [3.63, 3.8) is 0 Å². The second kappa shape index (κ2) is 7.48. The van der Waals surface area contributed by atoms with E-state index in [0.717, 1.165) is 22.5 Å². The highest BCUT2D eigenvalue weighted by Crippen LogP contribution is 2.22. The highest BCUT2D eigenvalue weighted by Gasteiger charge is 2.28. The maximum absolute atomic E-state index is 12.7. The number of hydrogen-bond acceptors (Lipinski definition) is 7. The Kier molecular flexibility index (Phi) is 4.85. The van der Waals surface area contributed by atoms with Gasteiger partial charge in [-0.1, -0.05) is 12.1 Å². The van der Waals surface area contributed by atoms with Gasteiger partial charge >= 0.3 is 0 Å². The number of ketones is 1. The van der Waals surface area contributed by atoms with E-state index in [1.165, 1.54) is 0 Å². The van der Waals surface area contributed by atoms with Gasteiger partial charge in [-0.3, -0.25) is 4.79 Å². The molecule has 148 valence electrons. The number of Topliss-reactive ketones (excluding diaryl/α,β-unsaturated/α-hetero) is 1. The Morgan fingerprint density at radius 3 is 2.69 bits per heavy atom. The van der Waals surface area contributed by atoms with Crippen LogP contribution in [0.1, 0.15) is 32.9 Å². The van der Waals surface area contributed by atoms with Gasteiger partial charge in [0, 0.05) is 11.8 Å². The van der Waals surface area contributed by atoms with Crippen molar-refractivity contribution in [1.29, 1.82) is 0 Å². The van der Waals surface area contributed by atoms with Crippen molar-refractivity contribution in [2.24, 2.45) is 4.99 Å². The molecule has 8 nitrogen and oxygen atoms in total. The molecule has 0 saturated heterocycles. The molecule has 3 aromatic rings. The van der Waals surface area contributed by atoms with Crippen molar-refractivity contribution < 1.29 is 14.4 Å². The number of rotatable bonds is 5. The van der Waals surface area contributed by atoms with Gasteiger partial charge in [-0.05, 0) is 50.1 Å². The highest BCUT2D eigenvalue weighted by molar-refractivity contribution is 6.04. The molecule has 8 heteroatoms. The van der Waals surface area contributed by atoms with E-state index in [1.54, 1.807) is 25.6 Å². The van der Waals surface area contributed by atoms with Crippen molar-refractivity contribution in [1.82, 2.24) is 20.0 Å². The van der Waals surface area contributed by atoms with Gasteiger partial charge in [0.25, 0.3) is 0 Å². The number of carbonyl (C=O) groups excluding carboxylic acids is 1. The third-order valence-corrected chi connectivity index (χ3v) is 4.80. The molecule has 2 aromatic heterocycles. The van der Waals surface area contributed by atoms with E-state index in [-0.39, 0.29) is 5.78 Å². The molecule has 0 fully saturated rings. The monoisotopic (exact) mass is 391 g/mol.